The van der Waals surface area contributed by atoms with Crippen LogP contribution in [0.1, 0.15) is 34.3 Å². The molecule has 0 amide bonds. The monoisotopic (exact) mass is 221 g/mol. The minimum atomic E-state index is 0.102. The number of rotatable bonds is 5. The van der Waals surface area contributed by atoms with Crippen LogP contribution < -0.4 is 10.5 Å². The third kappa shape index (κ3) is 2.83. The average molecular weight is 221 g/mol. The highest BCUT2D eigenvalue weighted by atomic mass is 16.5. The van der Waals surface area contributed by atoms with Gasteiger partial charge in [-0.2, -0.15) is 0 Å². The number of benzene rings is 1. The van der Waals surface area contributed by atoms with E-state index in [0.29, 0.717) is 24.3 Å². The lowest BCUT2D eigenvalue weighted by molar-refractivity contribution is 0.0977. The summed E-state index contributed by atoms with van der Waals surface area (Å²) in [6.07, 6.45) is 1.20. The third-order valence-corrected chi connectivity index (χ3v) is 2.72. The number of hydrogen-bond acceptors (Lipinski definition) is 3. The number of carbonyl (C=O) groups is 1. The van der Waals surface area contributed by atoms with E-state index >= 15 is 0 Å². The van der Waals surface area contributed by atoms with Gasteiger partial charge in [0.1, 0.15) is 5.75 Å². The normalized spacial score (nSPS) is 10.2. The maximum atomic E-state index is 11.9. The van der Waals surface area contributed by atoms with Gasteiger partial charge in [0.05, 0.1) is 12.7 Å². The minimum absolute atomic E-state index is 0.102. The Morgan fingerprint density at radius 3 is 2.50 bits per heavy atom. The van der Waals surface area contributed by atoms with E-state index < -0.39 is 0 Å². The van der Waals surface area contributed by atoms with E-state index in [1.54, 1.807) is 7.11 Å². The topological polar surface area (TPSA) is 52.3 Å². The van der Waals surface area contributed by atoms with Crippen LogP contribution in [0.5, 0.6) is 5.75 Å². The maximum absolute atomic E-state index is 11.9. The number of aryl methyl sites for hydroxylation is 2. The fourth-order valence-electron chi connectivity index (χ4n) is 1.57. The van der Waals surface area contributed by atoms with Gasteiger partial charge in [-0.05, 0) is 50.1 Å². The lowest BCUT2D eigenvalue weighted by atomic mass is 10.00. The van der Waals surface area contributed by atoms with Crippen LogP contribution in [0, 0.1) is 13.8 Å². The van der Waals surface area contributed by atoms with Crippen molar-refractivity contribution in [3.05, 3.63) is 28.8 Å². The van der Waals surface area contributed by atoms with E-state index in [1.807, 2.05) is 26.0 Å². The first-order chi connectivity index (χ1) is 7.60. The predicted molar refractivity (Wildman–Crippen MR) is 65.1 cm³/mol. The van der Waals surface area contributed by atoms with Crippen LogP contribution in [0.4, 0.5) is 0 Å². The molecule has 1 rings (SSSR count). The van der Waals surface area contributed by atoms with Crippen LogP contribution in [-0.4, -0.2) is 19.4 Å². The molecule has 0 heterocycles. The summed E-state index contributed by atoms with van der Waals surface area (Å²) in [4.78, 5) is 11.9. The molecular weight excluding hydrogens is 202 g/mol. The fourth-order valence-corrected chi connectivity index (χ4v) is 1.57. The molecule has 0 saturated heterocycles. The molecule has 0 fully saturated rings. The molecule has 0 atom stereocenters. The molecule has 0 unspecified atom stereocenters. The van der Waals surface area contributed by atoms with Gasteiger partial charge in [-0.15, -0.1) is 0 Å². The van der Waals surface area contributed by atoms with Gasteiger partial charge < -0.3 is 10.5 Å². The van der Waals surface area contributed by atoms with E-state index in [9.17, 15) is 4.79 Å². The summed E-state index contributed by atoms with van der Waals surface area (Å²) < 4.78 is 5.23. The Kier molecular flexibility index (Phi) is 4.50. The lowest BCUT2D eigenvalue weighted by Gasteiger charge is -2.10. The molecule has 0 aliphatic carbocycles. The predicted octanol–water partition coefficient (Wildman–Crippen LogP) is 2.23. The lowest BCUT2D eigenvalue weighted by Crippen LogP contribution is -2.07. The van der Waals surface area contributed by atoms with E-state index in [1.165, 1.54) is 0 Å². The van der Waals surface area contributed by atoms with Crippen molar-refractivity contribution in [3.63, 3.8) is 0 Å². The van der Waals surface area contributed by atoms with Crippen LogP contribution in [-0.2, 0) is 0 Å². The first-order valence-electron chi connectivity index (χ1n) is 5.48. The van der Waals surface area contributed by atoms with Crippen molar-refractivity contribution in [1.82, 2.24) is 0 Å². The summed E-state index contributed by atoms with van der Waals surface area (Å²) in [5, 5.41) is 0. The Morgan fingerprint density at radius 2 is 1.94 bits per heavy atom. The first kappa shape index (κ1) is 12.7. The third-order valence-electron chi connectivity index (χ3n) is 2.72. The Labute approximate surface area is 96.6 Å². The van der Waals surface area contributed by atoms with Crippen LogP contribution in [0.3, 0.4) is 0 Å². The Bertz CT molecular complexity index is 386. The zero-order valence-electron chi connectivity index (χ0n) is 10.2. The zero-order chi connectivity index (χ0) is 12.1. The number of ether oxygens (including phenoxy) is 1. The summed E-state index contributed by atoms with van der Waals surface area (Å²) in [5.74, 6) is 0.760. The van der Waals surface area contributed by atoms with Crippen molar-refractivity contribution < 1.29 is 9.53 Å². The molecular formula is C13H19NO2. The van der Waals surface area contributed by atoms with Gasteiger partial charge in [0.25, 0.3) is 0 Å². The summed E-state index contributed by atoms with van der Waals surface area (Å²) in [7, 11) is 1.59. The molecule has 0 saturated carbocycles. The molecule has 1 aromatic carbocycles. The van der Waals surface area contributed by atoms with Gasteiger partial charge in [0, 0.05) is 6.42 Å². The molecule has 3 heteroatoms. The van der Waals surface area contributed by atoms with E-state index in [4.69, 9.17) is 10.5 Å². The number of methoxy groups -OCH3 is 1. The molecule has 0 aliphatic rings. The first-order valence-corrected chi connectivity index (χ1v) is 5.48. The average Bonchev–Trinajstić information content (AvgIpc) is 2.28. The second kappa shape index (κ2) is 5.66. The summed E-state index contributed by atoms with van der Waals surface area (Å²) >= 11 is 0. The van der Waals surface area contributed by atoms with Crippen molar-refractivity contribution in [2.24, 2.45) is 5.73 Å². The molecule has 16 heavy (non-hydrogen) atoms. The summed E-state index contributed by atoms with van der Waals surface area (Å²) in [6.45, 7) is 4.54. The Hall–Kier alpha value is -1.35. The molecule has 0 aromatic heterocycles. The molecule has 2 N–H and O–H groups in total. The van der Waals surface area contributed by atoms with Crippen molar-refractivity contribution in [2.45, 2.75) is 26.7 Å². The van der Waals surface area contributed by atoms with Gasteiger partial charge in [-0.25, -0.2) is 0 Å². The van der Waals surface area contributed by atoms with Gasteiger partial charge in [-0.1, -0.05) is 0 Å². The molecule has 0 spiro atoms. The molecule has 88 valence electrons. The van der Waals surface area contributed by atoms with Crippen LogP contribution in [0.15, 0.2) is 12.1 Å². The van der Waals surface area contributed by atoms with E-state index in [2.05, 4.69) is 0 Å². The molecule has 0 radical (unpaired) electrons. The Morgan fingerprint density at radius 1 is 1.31 bits per heavy atom. The van der Waals surface area contributed by atoms with Gasteiger partial charge in [-0.3, -0.25) is 4.79 Å². The second-order valence-corrected chi connectivity index (χ2v) is 3.95. The fraction of sp³-hybridized carbons (Fsp3) is 0.462. The summed E-state index contributed by atoms with van der Waals surface area (Å²) in [5.41, 5.74) is 8.30. The van der Waals surface area contributed by atoms with Crippen molar-refractivity contribution in [3.8, 4) is 5.75 Å². The quantitative estimate of drug-likeness (QED) is 0.776. The molecule has 0 bridgehead atoms. The number of Topliss-reactive ketones (excluding diaryl/α,β-unsaturated/α-hetero) is 1. The largest absolute Gasteiger partial charge is 0.496 e. The number of hydrogen-bond donors (Lipinski definition) is 1. The zero-order valence-corrected chi connectivity index (χ0v) is 10.2. The van der Waals surface area contributed by atoms with Gasteiger partial charge >= 0.3 is 0 Å². The van der Waals surface area contributed by atoms with Crippen molar-refractivity contribution in [1.29, 1.82) is 0 Å². The molecule has 3 nitrogen and oxygen atoms in total. The number of carbonyl (C=O) groups excluding carboxylic acids is 1. The molecule has 0 aliphatic heterocycles. The van der Waals surface area contributed by atoms with E-state index in [-0.39, 0.29) is 5.78 Å². The smallest absolute Gasteiger partial charge is 0.166 e. The Balaban J connectivity index is 3.02. The van der Waals surface area contributed by atoms with Crippen LogP contribution >= 0.6 is 0 Å². The van der Waals surface area contributed by atoms with Gasteiger partial charge in [0.2, 0.25) is 0 Å². The second-order valence-electron chi connectivity index (χ2n) is 3.95. The number of nitrogens with two attached hydrogens (primary N) is 1. The minimum Gasteiger partial charge on any atom is -0.496 e. The summed E-state index contributed by atoms with van der Waals surface area (Å²) in [6, 6.07) is 3.80. The highest BCUT2D eigenvalue weighted by molar-refractivity contribution is 5.99. The molecule has 1 aromatic rings. The van der Waals surface area contributed by atoms with Crippen molar-refractivity contribution >= 4 is 5.78 Å². The maximum Gasteiger partial charge on any atom is 0.166 e. The van der Waals surface area contributed by atoms with Crippen LogP contribution in [0.25, 0.3) is 0 Å². The van der Waals surface area contributed by atoms with Crippen LogP contribution in [0.2, 0.25) is 0 Å². The highest BCUT2D eigenvalue weighted by Gasteiger charge is 2.13. The SMILES string of the molecule is COc1cc(C)c(C)cc1C(=O)CCCN. The standard InChI is InChI=1S/C13H19NO2/c1-9-7-11(12(15)5-4-6-14)13(16-3)8-10(9)2/h7-8H,4-6,14H2,1-3H3. The van der Waals surface area contributed by atoms with E-state index in [0.717, 1.165) is 17.5 Å². The van der Waals surface area contributed by atoms with Crippen molar-refractivity contribution in [2.75, 3.05) is 13.7 Å². The number of ketones is 1. The highest BCUT2D eigenvalue weighted by Crippen LogP contribution is 2.24. The van der Waals surface area contributed by atoms with Gasteiger partial charge in [0.15, 0.2) is 5.78 Å².